The number of rotatable bonds is 4. The van der Waals surface area contributed by atoms with Gasteiger partial charge in [0, 0.05) is 23.6 Å². The fourth-order valence-electron chi connectivity index (χ4n) is 1.50. The first-order chi connectivity index (χ1) is 7.79. The van der Waals surface area contributed by atoms with E-state index in [-0.39, 0.29) is 11.2 Å². The minimum absolute atomic E-state index is 0.255. The third-order valence-electron chi connectivity index (χ3n) is 2.61. The zero-order valence-electron chi connectivity index (χ0n) is 11.5. The van der Waals surface area contributed by atoms with Crippen LogP contribution < -0.4 is 5.32 Å². The Hall–Kier alpha value is -1.31. The van der Waals surface area contributed by atoms with Crippen molar-refractivity contribution in [1.82, 2.24) is 0 Å². The van der Waals surface area contributed by atoms with Crippen LogP contribution in [-0.2, 0) is 11.2 Å². The maximum Gasteiger partial charge on any atom is 0.142 e. The van der Waals surface area contributed by atoms with Gasteiger partial charge in [-0.2, -0.15) is 0 Å². The van der Waals surface area contributed by atoms with Gasteiger partial charge in [0.05, 0.1) is 0 Å². The third kappa shape index (κ3) is 4.59. The molecule has 1 aromatic carbocycles. The van der Waals surface area contributed by atoms with Crippen LogP contribution in [0.4, 0.5) is 5.69 Å². The molecular formula is C15H23NO. The lowest BCUT2D eigenvalue weighted by Gasteiger charge is -2.16. The molecule has 0 heterocycles. The molecule has 2 heteroatoms. The van der Waals surface area contributed by atoms with Crippen LogP contribution in [0.3, 0.4) is 0 Å². The highest BCUT2D eigenvalue weighted by atomic mass is 16.1. The van der Waals surface area contributed by atoms with Crippen LogP contribution in [0.25, 0.3) is 0 Å². The fourth-order valence-corrected chi connectivity index (χ4v) is 1.50. The summed E-state index contributed by atoms with van der Waals surface area (Å²) in [7, 11) is 0. The van der Waals surface area contributed by atoms with Gasteiger partial charge in [-0.25, -0.2) is 0 Å². The standard InChI is InChI=1S/C15H23NO/c1-11(2)16-13-8-6-12(7-9-13)10-14(17)15(3,4)5/h6-9,11,16H,10H2,1-5H3. The molecule has 0 saturated carbocycles. The Morgan fingerprint density at radius 2 is 1.71 bits per heavy atom. The summed E-state index contributed by atoms with van der Waals surface area (Å²) >= 11 is 0. The van der Waals surface area contributed by atoms with E-state index in [1.54, 1.807) is 0 Å². The maximum absolute atomic E-state index is 11.9. The van der Waals surface area contributed by atoms with Crippen molar-refractivity contribution < 1.29 is 4.79 Å². The van der Waals surface area contributed by atoms with E-state index in [1.165, 1.54) is 0 Å². The molecule has 0 atom stereocenters. The van der Waals surface area contributed by atoms with Crippen molar-refractivity contribution in [3.63, 3.8) is 0 Å². The lowest BCUT2D eigenvalue weighted by Crippen LogP contribution is -2.22. The van der Waals surface area contributed by atoms with E-state index in [9.17, 15) is 4.79 Å². The molecule has 1 aromatic rings. The Morgan fingerprint density at radius 1 is 1.18 bits per heavy atom. The van der Waals surface area contributed by atoms with E-state index in [2.05, 4.69) is 19.2 Å². The molecule has 0 bridgehead atoms. The van der Waals surface area contributed by atoms with Crippen LogP contribution in [-0.4, -0.2) is 11.8 Å². The normalized spacial score (nSPS) is 11.6. The lowest BCUT2D eigenvalue weighted by atomic mass is 9.87. The predicted octanol–water partition coefficient (Wildman–Crippen LogP) is 3.66. The van der Waals surface area contributed by atoms with Gasteiger partial charge in [-0.05, 0) is 31.5 Å². The highest BCUT2D eigenvalue weighted by Crippen LogP contribution is 2.19. The summed E-state index contributed by atoms with van der Waals surface area (Å²) in [6.07, 6.45) is 0.519. The first-order valence-corrected chi connectivity index (χ1v) is 6.18. The first-order valence-electron chi connectivity index (χ1n) is 6.18. The summed E-state index contributed by atoms with van der Waals surface area (Å²) in [5, 5.41) is 3.33. The van der Waals surface area contributed by atoms with Crippen LogP contribution in [0.2, 0.25) is 0 Å². The van der Waals surface area contributed by atoms with Crippen molar-refractivity contribution in [2.45, 2.75) is 47.1 Å². The highest BCUT2D eigenvalue weighted by molar-refractivity contribution is 5.85. The average Bonchev–Trinajstić information content (AvgIpc) is 2.18. The monoisotopic (exact) mass is 233 g/mol. The van der Waals surface area contributed by atoms with Crippen LogP contribution >= 0.6 is 0 Å². The molecule has 0 radical (unpaired) electrons. The number of nitrogens with one attached hydrogen (secondary N) is 1. The molecule has 17 heavy (non-hydrogen) atoms. The van der Waals surface area contributed by atoms with Crippen molar-refractivity contribution in [3.05, 3.63) is 29.8 Å². The van der Waals surface area contributed by atoms with Gasteiger partial charge in [-0.15, -0.1) is 0 Å². The second-order valence-corrected chi connectivity index (χ2v) is 5.85. The van der Waals surface area contributed by atoms with Crippen molar-refractivity contribution in [2.75, 3.05) is 5.32 Å². The van der Waals surface area contributed by atoms with Crippen molar-refractivity contribution in [2.24, 2.45) is 5.41 Å². The van der Waals surface area contributed by atoms with Crippen molar-refractivity contribution >= 4 is 11.5 Å². The Morgan fingerprint density at radius 3 is 2.12 bits per heavy atom. The Kier molecular flexibility index (Phi) is 4.33. The summed E-state index contributed by atoms with van der Waals surface area (Å²) < 4.78 is 0. The molecular weight excluding hydrogens is 210 g/mol. The Balaban J connectivity index is 2.66. The average molecular weight is 233 g/mol. The molecule has 0 spiro atoms. The summed E-state index contributed by atoms with van der Waals surface area (Å²) in [5.74, 6) is 0.280. The summed E-state index contributed by atoms with van der Waals surface area (Å²) in [5.41, 5.74) is 1.93. The van der Waals surface area contributed by atoms with E-state index in [0.717, 1.165) is 11.3 Å². The Bertz CT molecular complexity index is 371. The molecule has 0 aliphatic rings. The van der Waals surface area contributed by atoms with E-state index >= 15 is 0 Å². The molecule has 0 saturated heterocycles. The van der Waals surface area contributed by atoms with Gasteiger partial charge < -0.3 is 5.32 Å². The SMILES string of the molecule is CC(C)Nc1ccc(CC(=O)C(C)(C)C)cc1. The van der Waals surface area contributed by atoms with Gasteiger partial charge in [0.2, 0.25) is 0 Å². The van der Waals surface area contributed by atoms with Gasteiger partial charge in [-0.3, -0.25) is 4.79 Å². The number of hydrogen-bond acceptors (Lipinski definition) is 2. The molecule has 0 unspecified atom stereocenters. The van der Waals surface area contributed by atoms with Crippen LogP contribution in [0, 0.1) is 5.41 Å². The number of anilines is 1. The quantitative estimate of drug-likeness (QED) is 0.859. The number of carbonyl (C=O) groups excluding carboxylic acids is 1. The van der Waals surface area contributed by atoms with Crippen molar-refractivity contribution in [1.29, 1.82) is 0 Å². The van der Waals surface area contributed by atoms with E-state index in [0.29, 0.717) is 12.5 Å². The molecule has 1 rings (SSSR count). The third-order valence-corrected chi connectivity index (χ3v) is 2.61. The van der Waals surface area contributed by atoms with Crippen LogP contribution in [0.15, 0.2) is 24.3 Å². The Labute approximate surface area is 104 Å². The summed E-state index contributed by atoms with van der Waals surface area (Å²) in [6.45, 7) is 10.1. The van der Waals surface area contributed by atoms with Crippen LogP contribution in [0.5, 0.6) is 0 Å². The number of benzene rings is 1. The van der Waals surface area contributed by atoms with Gasteiger partial charge in [0.15, 0.2) is 0 Å². The number of Topliss-reactive ketones (excluding diaryl/α,β-unsaturated/α-hetero) is 1. The minimum atomic E-state index is -0.255. The molecule has 0 amide bonds. The largest absolute Gasteiger partial charge is 0.383 e. The minimum Gasteiger partial charge on any atom is -0.383 e. The van der Waals surface area contributed by atoms with Crippen LogP contribution in [0.1, 0.15) is 40.2 Å². The van der Waals surface area contributed by atoms with Gasteiger partial charge in [0.1, 0.15) is 5.78 Å². The predicted molar refractivity (Wildman–Crippen MR) is 73.4 cm³/mol. The van der Waals surface area contributed by atoms with Gasteiger partial charge >= 0.3 is 0 Å². The first kappa shape index (κ1) is 13.8. The second-order valence-electron chi connectivity index (χ2n) is 5.85. The summed E-state index contributed by atoms with van der Waals surface area (Å²) in [4.78, 5) is 11.9. The highest BCUT2D eigenvalue weighted by Gasteiger charge is 2.20. The molecule has 0 aliphatic carbocycles. The molecule has 2 nitrogen and oxygen atoms in total. The van der Waals surface area contributed by atoms with Gasteiger partial charge in [-0.1, -0.05) is 32.9 Å². The molecule has 0 aliphatic heterocycles. The van der Waals surface area contributed by atoms with E-state index < -0.39 is 0 Å². The zero-order valence-corrected chi connectivity index (χ0v) is 11.5. The number of carbonyl (C=O) groups is 1. The molecule has 1 N–H and O–H groups in total. The topological polar surface area (TPSA) is 29.1 Å². The lowest BCUT2D eigenvalue weighted by molar-refractivity contribution is -0.125. The zero-order chi connectivity index (χ0) is 13.1. The van der Waals surface area contributed by atoms with Gasteiger partial charge in [0.25, 0.3) is 0 Å². The van der Waals surface area contributed by atoms with E-state index in [1.807, 2.05) is 45.0 Å². The molecule has 0 aromatic heterocycles. The van der Waals surface area contributed by atoms with Crippen molar-refractivity contribution in [3.8, 4) is 0 Å². The maximum atomic E-state index is 11.9. The summed E-state index contributed by atoms with van der Waals surface area (Å²) in [6, 6.07) is 8.54. The molecule has 94 valence electrons. The van der Waals surface area contributed by atoms with E-state index in [4.69, 9.17) is 0 Å². The smallest absolute Gasteiger partial charge is 0.142 e. The number of hydrogen-bond donors (Lipinski definition) is 1. The fraction of sp³-hybridized carbons (Fsp3) is 0.533. The number of ketones is 1. The second kappa shape index (κ2) is 5.35. The molecule has 0 fully saturated rings.